The van der Waals surface area contributed by atoms with E-state index < -0.39 is 5.60 Å². The molecule has 0 aliphatic carbocycles. The molecule has 1 atom stereocenters. The number of amides is 2. The minimum Gasteiger partial charge on any atom is -0.444 e. The second kappa shape index (κ2) is 7.94. The van der Waals surface area contributed by atoms with E-state index in [0.717, 1.165) is 30.2 Å². The Morgan fingerprint density at radius 3 is 2.81 bits per heavy atom. The first kappa shape index (κ1) is 19.1. The Hall–Kier alpha value is -2.63. The molecule has 1 saturated heterocycles. The molecule has 27 heavy (non-hydrogen) atoms. The van der Waals surface area contributed by atoms with Gasteiger partial charge in [0.2, 0.25) is 0 Å². The molecular weight excluding hydrogens is 342 g/mol. The lowest BCUT2D eigenvalue weighted by atomic mass is 10.0. The Bertz CT molecular complexity index is 824. The summed E-state index contributed by atoms with van der Waals surface area (Å²) >= 11 is 0. The van der Waals surface area contributed by atoms with Crippen LogP contribution in [-0.4, -0.2) is 46.6 Å². The Kier molecular flexibility index (Phi) is 5.63. The molecule has 1 aliphatic rings. The van der Waals surface area contributed by atoms with Crippen LogP contribution in [0.5, 0.6) is 0 Å². The molecule has 6 nitrogen and oxygen atoms in total. The molecule has 1 fully saturated rings. The summed E-state index contributed by atoms with van der Waals surface area (Å²) in [6, 6.07) is 9.18. The number of fused-ring (bicyclic) bond motifs is 1. The SMILES string of the molecule is CC(C)(C)OC(=O)N1CCCC[C@@H]1CNC(=O)c1cccc2ncccc12. The number of aromatic nitrogens is 1. The van der Waals surface area contributed by atoms with Gasteiger partial charge in [-0.15, -0.1) is 0 Å². The van der Waals surface area contributed by atoms with Gasteiger partial charge in [-0.2, -0.15) is 0 Å². The molecule has 3 rings (SSSR count). The van der Waals surface area contributed by atoms with Gasteiger partial charge in [-0.3, -0.25) is 9.78 Å². The molecule has 1 aromatic heterocycles. The van der Waals surface area contributed by atoms with Crippen molar-refractivity contribution in [2.24, 2.45) is 0 Å². The van der Waals surface area contributed by atoms with Crippen molar-refractivity contribution < 1.29 is 14.3 Å². The average Bonchev–Trinajstić information content (AvgIpc) is 2.64. The van der Waals surface area contributed by atoms with Crippen LogP contribution in [0.3, 0.4) is 0 Å². The second-order valence-corrected chi connectivity index (χ2v) is 7.91. The molecule has 0 spiro atoms. The summed E-state index contributed by atoms with van der Waals surface area (Å²) in [4.78, 5) is 31.3. The van der Waals surface area contributed by atoms with E-state index in [1.165, 1.54) is 0 Å². The normalized spacial score (nSPS) is 17.6. The van der Waals surface area contributed by atoms with Crippen LogP contribution in [0.2, 0.25) is 0 Å². The zero-order valence-corrected chi connectivity index (χ0v) is 16.2. The molecule has 6 heteroatoms. The van der Waals surface area contributed by atoms with Crippen LogP contribution in [0.15, 0.2) is 36.5 Å². The first-order chi connectivity index (χ1) is 12.8. The molecule has 0 saturated carbocycles. The van der Waals surface area contributed by atoms with E-state index in [1.54, 1.807) is 17.2 Å². The number of piperidine rings is 1. The molecule has 1 aliphatic heterocycles. The fraction of sp³-hybridized carbons (Fsp3) is 0.476. The van der Waals surface area contributed by atoms with E-state index in [1.807, 2.05) is 45.0 Å². The van der Waals surface area contributed by atoms with Crippen LogP contribution in [0.4, 0.5) is 4.79 Å². The molecular formula is C21H27N3O3. The number of rotatable bonds is 3. The largest absolute Gasteiger partial charge is 0.444 e. The third-order valence-electron chi connectivity index (χ3n) is 4.64. The number of likely N-dealkylation sites (tertiary alicyclic amines) is 1. The number of benzene rings is 1. The zero-order chi connectivity index (χ0) is 19.4. The van der Waals surface area contributed by atoms with Crippen molar-refractivity contribution in [1.82, 2.24) is 15.2 Å². The van der Waals surface area contributed by atoms with Crippen molar-refractivity contribution in [3.63, 3.8) is 0 Å². The standard InChI is InChI=1S/C21H27N3O3/c1-21(2,3)27-20(26)24-13-5-4-8-15(24)14-23-19(25)17-9-6-11-18-16(17)10-7-12-22-18/h6-7,9-12,15H,4-5,8,13-14H2,1-3H3,(H,23,25)/t15-/m1/s1. The maximum absolute atomic E-state index is 12.7. The monoisotopic (exact) mass is 369 g/mol. The number of nitrogens with zero attached hydrogens (tertiary/aromatic N) is 2. The lowest BCUT2D eigenvalue weighted by molar-refractivity contribution is 0.00986. The molecule has 2 aromatic rings. The average molecular weight is 369 g/mol. The van der Waals surface area contributed by atoms with Gasteiger partial charge in [-0.25, -0.2) is 4.79 Å². The molecule has 2 amide bonds. The first-order valence-electron chi connectivity index (χ1n) is 9.47. The highest BCUT2D eigenvalue weighted by atomic mass is 16.6. The third kappa shape index (κ3) is 4.76. The molecule has 0 bridgehead atoms. The van der Waals surface area contributed by atoms with Gasteiger partial charge in [0.25, 0.3) is 5.91 Å². The summed E-state index contributed by atoms with van der Waals surface area (Å²) < 4.78 is 5.52. The van der Waals surface area contributed by atoms with E-state index >= 15 is 0 Å². The number of hydrogen-bond acceptors (Lipinski definition) is 4. The van der Waals surface area contributed by atoms with Crippen molar-refractivity contribution in [1.29, 1.82) is 0 Å². The van der Waals surface area contributed by atoms with Crippen molar-refractivity contribution in [3.05, 3.63) is 42.1 Å². The van der Waals surface area contributed by atoms with Crippen LogP contribution in [-0.2, 0) is 4.74 Å². The van der Waals surface area contributed by atoms with Crippen LogP contribution in [0, 0.1) is 0 Å². The minimum absolute atomic E-state index is 0.0503. The van der Waals surface area contributed by atoms with Gasteiger partial charge in [0.05, 0.1) is 11.6 Å². The number of pyridine rings is 1. The molecule has 2 heterocycles. The predicted molar refractivity (Wildman–Crippen MR) is 105 cm³/mol. The summed E-state index contributed by atoms with van der Waals surface area (Å²) in [5.41, 5.74) is 0.858. The molecule has 0 radical (unpaired) electrons. The third-order valence-corrected chi connectivity index (χ3v) is 4.64. The number of carbonyl (C=O) groups excluding carboxylic acids is 2. The Morgan fingerprint density at radius 2 is 2.04 bits per heavy atom. The highest BCUT2D eigenvalue weighted by Crippen LogP contribution is 2.21. The zero-order valence-electron chi connectivity index (χ0n) is 16.2. The number of carbonyl (C=O) groups is 2. The van der Waals surface area contributed by atoms with Gasteiger partial charge in [0, 0.05) is 30.2 Å². The highest BCUT2D eigenvalue weighted by molar-refractivity contribution is 6.06. The number of ether oxygens (including phenoxy) is 1. The van der Waals surface area contributed by atoms with Gasteiger partial charge in [-0.1, -0.05) is 12.1 Å². The molecule has 1 N–H and O–H groups in total. The lowest BCUT2D eigenvalue weighted by Crippen LogP contribution is -2.50. The van der Waals surface area contributed by atoms with Crippen molar-refractivity contribution in [2.75, 3.05) is 13.1 Å². The summed E-state index contributed by atoms with van der Waals surface area (Å²) in [6.07, 6.45) is 4.26. The maximum Gasteiger partial charge on any atom is 0.410 e. The van der Waals surface area contributed by atoms with E-state index in [2.05, 4.69) is 10.3 Å². The van der Waals surface area contributed by atoms with Crippen LogP contribution >= 0.6 is 0 Å². The smallest absolute Gasteiger partial charge is 0.410 e. The fourth-order valence-corrected chi connectivity index (χ4v) is 3.38. The second-order valence-electron chi connectivity index (χ2n) is 7.91. The lowest BCUT2D eigenvalue weighted by Gasteiger charge is -2.36. The Morgan fingerprint density at radius 1 is 1.22 bits per heavy atom. The quantitative estimate of drug-likeness (QED) is 0.894. The highest BCUT2D eigenvalue weighted by Gasteiger charge is 2.30. The maximum atomic E-state index is 12.7. The van der Waals surface area contributed by atoms with Crippen LogP contribution in [0.25, 0.3) is 10.9 Å². The Labute approximate surface area is 159 Å². The van der Waals surface area contributed by atoms with E-state index in [4.69, 9.17) is 4.74 Å². The van der Waals surface area contributed by atoms with Gasteiger partial charge in [-0.05, 0) is 58.2 Å². The van der Waals surface area contributed by atoms with Crippen molar-refractivity contribution >= 4 is 22.9 Å². The summed E-state index contributed by atoms with van der Waals surface area (Å²) in [5.74, 6) is -0.150. The number of hydrogen-bond donors (Lipinski definition) is 1. The Balaban J connectivity index is 1.68. The van der Waals surface area contributed by atoms with Gasteiger partial charge in [0.15, 0.2) is 0 Å². The fourth-order valence-electron chi connectivity index (χ4n) is 3.38. The number of nitrogens with one attached hydrogen (secondary N) is 1. The van der Waals surface area contributed by atoms with E-state index in [9.17, 15) is 9.59 Å². The van der Waals surface area contributed by atoms with Crippen LogP contribution < -0.4 is 5.32 Å². The predicted octanol–water partition coefficient (Wildman–Crippen LogP) is 3.75. The van der Waals surface area contributed by atoms with Gasteiger partial charge < -0.3 is 15.0 Å². The van der Waals surface area contributed by atoms with E-state index in [0.29, 0.717) is 18.7 Å². The molecule has 144 valence electrons. The summed E-state index contributed by atoms with van der Waals surface area (Å²) in [7, 11) is 0. The van der Waals surface area contributed by atoms with Crippen molar-refractivity contribution in [3.8, 4) is 0 Å². The van der Waals surface area contributed by atoms with Crippen LogP contribution in [0.1, 0.15) is 50.4 Å². The first-order valence-corrected chi connectivity index (χ1v) is 9.47. The van der Waals surface area contributed by atoms with Crippen molar-refractivity contribution in [2.45, 2.75) is 51.7 Å². The van der Waals surface area contributed by atoms with Gasteiger partial charge >= 0.3 is 6.09 Å². The minimum atomic E-state index is -0.529. The topological polar surface area (TPSA) is 71.5 Å². The molecule has 0 unspecified atom stereocenters. The molecule has 1 aromatic carbocycles. The summed E-state index contributed by atoms with van der Waals surface area (Å²) in [6.45, 7) is 6.66. The van der Waals surface area contributed by atoms with E-state index in [-0.39, 0.29) is 18.0 Å². The van der Waals surface area contributed by atoms with Gasteiger partial charge in [0.1, 0.15) is 5.60 Å². The summed E-state index contributed by atoms with van der Waals surface area (Å²) in [5, 5.41) is 3.82.